The maximum absolute atomic E-state index is 5.84. The van der Waals surface area contributed by atoms with Crippen molar-refractivity contribution in [1.82, 2.24) is 4.98 Å². The van der Waals surface area contributed by atoms with Gasteiger partial charge in [-0.2, -0.15) is 0 Å². The summed E-state index contributed by atoms with van der Waals surface area (Å²) >= 11 is 1.69. The minimum atomic E-state index is -0.135. The van der Waals surface area contributed by atoms with Gasteiger partial charge in [-0.3, -0.25) is 0 Å². The Kier molecular flexibility index (Phi) is 2.30. The Balaban J connectivity index is 2.65. The van der Waals surface area contributed by atoms with Gasteiger partial charge in [-0.25, -0.2) is 4.98 Å². The molecule has 0 aliphatic heterocycles. The fraction of sp³-hybridized carbons (Fsp3) is 0.625. The maximum Gasteiger partial charge on any atom is 0.0946 e. The van der Waals surface area contributed by atoms with E-state index >= 15 is 0 Å². The van der Waals surface area contributed by atoms with Gasteiger partial charge in [0.15, 0.2) is 0 Å². The molecule has 3 heteroatoms. The summed E-state index contributed by atoms with van der Waals surface area (Å²) in [6, 6.07) is 0. The molecule has 1 aromatic rings. The zero-order valence-electron chi connectivity index (χ0n) is 7.22. The van der Waals surface area contributed by atoms with E-state index in [1.807, 2.05) is 20.8 Å². The SMILES string of the molecule is Cc1csc(CC(C)(C)N)n1. The maximum atomic E-state index is 5.84. The second kappa shape index (κ2) is 2.91. The molecule has 0 amide bonds. The summed E-state index contributed by atoms with van der Waals surface area (Å²) in [5.74, 6) is 0. The van der Waals surface area contributed by atoms with E-state index in [4.69, 9.17) is 5.73 Å². The lowest BCUT2D eigenvalue weighted by atomic mass is 10.0. The molecule has 0 fully saturated rings. The zero-order chi connectivity index (χ0) is 8.48. The first-order valence-corrected chi connectivity index (χ1v) is 4.55. The molecule has 0 aliphatic rings. The standard InChI is InChI=1S/C8H14N2S/c1-6-5-11-7(10-6)4-8(2,3)9/h5H,4,9H2,1-3H3. The molecule has 0 aromatic carbocycles. The molecule has 0 atom stereocenters. The van der Waals surface area contributed by atoms with Crippen molar-refractivity contribution in [1.29, 1.82) is 0 Å². The van der Waals surface area contributed by atoms with Crippen molar-refractivity contribution < 1.29 is 0 Å². The Morgan fingerprint density at radius 1 is 1.64 bits per heavy atom. The Hall–Kier alpha value is -0.410. The predicted octanol–water partition coefficient (Wildman–Crippen LogP) is 1.73. The molecule has 1 aromatic heterocycles. The largest absolute Gasteiger partial charge is 0.325 e. The number of hydrogen-bond donors (Lipinski definition) is 1. The smallest absolute Gasteiger partial charge is 0.0946 e. The quantitative estimate of drug-likeness (QED) is 0.734. The van der Waals surface area contributed by atoms with Crippen molar-refractivity contribution in [2.45, 2.75) is 32.7 Å². The predicted molar refractivity (Wildman–Crippen MR) is 48.8 cm³/mol. The normalized spacial score (nSPS) is 12.0. The van der Waals surface area contributed by atoms with Crippen LogP contribution in [0.25, 0.3) is 0 Å². The molecule has 0 unspecified atom stereocenters. The monoisotopic (exact) mass is 170 g/mol. The molecule has 0 aliphatic carbocycles. The van der Waals surface area contributed by atoms with Gasteiger partial charge in [-0.05, 0) is 20.8 Å². The van der Waals surface area contributed by atoms with Crippen LogP contribution >= 0.6 is 11.3 Å². The minimum absolute atomic E-state index is 0.135. The molecule has 62 valence electrons. The lowest BCUT2D eigenvalue weighted by Crippen LogP contribution is -2.34. The van der Waals surface area contributed by atoms with Gasteiger partial charge in [0, 0.05) is 23.0 Å². The highest BCUT2D eigenvalue weighted by atomic mass is 32.1. The number of nitrogens with two attached hydrogens (primary N) is 1. The molecule has 1 heterocycles. The van der Waals surface area contributed by atoms with E-state index < -0.39 is 0 Å². The number of aromatic nitrogens is 1. The Morgan fingerprint density at radius 2 is 2.27 bits per heavy atom. The number of thiazole rings is 1. The highest BCUT2D eigenvalue weighted by molar-refractivity contribution is 7.09. The second-order valence-electron chi connectivity index (χ2n) is 3.55. The van der Waals surface area contributed by atoms with Crippen LogP contribution in [0.15, 0.2) is 5.38 Å². The number of aryl methyl sites for hydroxylation is 1. The average molecular weight is 170 g/mol. The van der Waals surface area contributed by atoms with E-state index in [1.165, 1.54) is 0 Å². The van der Waals surface area contributed by atoms with Crippen LogP contribution < -0.4 is 5.73 Å². The lowest BCUT2D eigenvalue weighted by Gasteiger charge is -2.15. The molecule has 0 saturated heterocycles. The molecule has 11 heavy (non-hydrogen) atoms. The summed E-state index contributed by atoms with van der Waals surface area (Å²) in [5, 5.41) is 3.19. The van der Waals surface area contributed by atoms with Crippen LogP contribution in [0.1, 0.15) is 24.5 Å². The molecule has 0 bridgehead atoms. The summed E-state index contributed by atoms with van der Waals surface area (Å²) < 4.78 is 0. The second-order valence-corrected chi connectivity index (χ2v) is 4.49. The fourth-order valence-corrected chi connectivity index (χ4v) is 1.88. The van der Waals surface area contributed by atoms with Crippen LogP contribution in [-0.4, -0.2) is 10.5 Å². The topological polar surface area (TPSA) is 38.9 Å². The Labute approximate surface area is 71.5 Å². The van der Waals surface area contributed by atoms with Gasteiger partial charge in [0.25, 0.3) is 0 Å². The molecule has 0 radical (unpaired) electrons. The molecule has 0 saturated carbocycles. The van der Waals surface area contributed by atoms with E-state index in [9.17, 15) is 0 Å². The lowest BCUT2D eigenvalue weighted by molar-refractivity contribution is 0.515. The number of hydrogen-bond acceptors (Lipinski definition) is 3. The summed E-state index contributed by atoms with van der Waals surface area (Å²) in [6.07, 6.45) is 0.867. The van der Waals surface area contributed by atoms with Crippen LogP contribution in [0, 0.1) is 6.92 Å². The van der Waals surface area contributed by atoms with E-state index in [0.717, 1.165) is 17.1 Å². The summed E-state index contributed by atoms with van der Waals surface area (Å²) in [5.41, 5.74) is 6.80. The van der Waals surface area contributed by atoms with Crippen molar-refractivity contribution in [3.63, 3.8) is 0 Å². The van der Waals surface area contributed by atoms with Gasteiger partial charge >= 0.3 is 0 Å². The third-order valence-electron chi connectivity index (χ3n) is 1.27. The summed E-state index contributed by atoms with van der Waals surface area (Å²) in [6.45, 7) is 6.04. The average Bonchev–Trinajstić information content (AvgIpc) is 2.10. The number of rotatable bonds is 2. The molecular weight excluding hydrogens is 156 g/mol. The van der Waals surface area contributed by atoms with Gasteiger partial charge < -0.3 is 5.73 Å². The van der Waals surface area contributed by atoms with E-state index in [0.29, 0.717) is 0 Å². The first-order valence-electron chi connectivity index (χ1n) is 3.67. The van der Waals surface area contributed by atoms with E-state index in [2.05, 4.69) is 10.4 Å². The summed E-state index contributed by atoms with van der Waals surface area (Å²) in [7, 11) is 0. The van der Waals surface area contributed by atoms with Crippen LogP contribution in [0.4, 0.5) is 0 Å². The van der Waals surface area contributed by atoms with Gasteiger partial charge in [0.1, 0.15) is 0 Å². The van der Waals surface area contributed by atoms with Crippen LogP contribution in [0.5, 0.6) is 0 Å². The van der Waals surface area contributed by atoms with Crippen LogP contribution in [0.3, 0.4) is 0 Å². The van der Waals surface area contributed by atoms with E-state index in [-0.39, 0.29) is 5.54 Å². The van der Waals surface area contributed by atoms with Crippen molar-refractivity contribution in [3.8, 4) is 0 Å². The highest BCUT2D eigenvalue weighted by Crippen LogP contribution is 2.14. The van der Waals surface area contributed by atoms with Gasteiger partial charge in [0.05, 0.1) is 5.01 Å². The van der Waals surface area contributed by atoms with Gasteiger partial charge in [0.2, 0.25) is 0 Å². The molecule has 2 nitrogen and oxygen atoms in total. The fourth-order valence-electron chi connectivity index (χ4n) is 0.874. The molecule has 0 spiro atoms. The molecule has 1 rings (SSSR count). The molecule has 2 N–H and O–H groups in total. The van der Waals surface area contributed by atoms with E-state index in [1.54, 1.807) is 11.3 Å². The van der Waals surface area contributed by atoms with Crippen LogP contribution in [-0.2, 0) is 6.42 Å². The minimum Gasteiger partial charge on any atom is -0.325 e. The van der Waals surface area contributed by atoms with Gasteiger partial charge in [-0.1, -0.05) is 0 Å². The van der Waals surface area contributed by atoms with Crippen LogP contribution in [0.2, 0.25) is 0 Å². The zero-order valence-corrected chi connectivity index (χ0v) is 8.03. The van der Waals surface area contributed by atoms with Crippen molar-refractivity contribution >= 4 is 11.3 Å². The molecular formula is C8H14N2S. The van der Waals surface area contributed by atoms with Gasteiger partial charge in [-0.15, -0.1) is 11.3 Å². The summed E-state index contributed by atoms with van der Waals surface area (Å²) in [4.78, 5) is 4.33. The van der Waals surface area contributed by atoms with Crippen molar-refractivity contribution in [2.75, 3.05) is 0 Å². The Morgan fingerprint density at radius 3 is 2.64 bits per heavy atom. The van der Waals surface area contributed by atoms with Crippen molar-refractivity contribution in [3.05, 3.63) is 16.1 Å². The first kappa shape index (κ1) is 8.68. The third-order valence-corrected chi connectivity index (χ3v) is 2.24. The Bertz CT molecular complexity index is 234. The highest BCUT2D eigenvalue weighted by Gasteiger charge is 2.13. The third kappa shape index (κ3) is 2.99. The first-order chi connectivity index (χ1) is 4.97. The number of nitrogens with zero attached hydrogens (tertiary/aromatic N) is 1. The van der Waals surface area contributed by atoms with Crippen molar-refractivity contribution in [2.24, 2.45) is 5.73 Å².